The molecule has 3 aliphatic heterocycles. The Bertz CT molecular complexity index is 898. The molecule has 1 aromatic heterocycles. The van der Waals surface area contributed by atoms with Crippen LogP contribution >= 0.6 is 0 Å². The minimum Gasteiger partial charge on any atom is -0.356 e. The number of rotatable bonds is 5. The SMILES string of the molecule is O=C(C1CCN(c2nccc(N3CCCCC3)n2)CC1)N1CCC(Cc2ccccc2)CC1. The Morgan fingerprint density at radius 1 is 0.818 bits per heavy atom. The summed E-state index contributed by atoms with van der Waals surface area (Å²) in [6.45, 7) is 5.74. The van der Waals surface area contributed by atoms with Crippen molar-refractivity contribution in [1.82, 2.24) is 14.9 Å². The number of aromatic nitrogens is 2. The molecule has 5 rings (SSSR count). The lowest BCUT2D eigenvalue weighted by atomic mass is 9.88. The van der Waals surface area contributed by atoms with Crippen LogP contribution in [0.5, 0.6) is 0 Å². The van der Waals surface area contributed by atoms with E-state index in [0.29, 0.717) is 11.8 Å². The third-order valence-electron chi connectivity index (χ3n) is 7.73. The van der Waals surface area contributed by atoms with E-state index in [1.807, 2.05) is 12.3 Å². The number of piperidine rings is 3. The van der Waals surface area contributed by atoms with Gasteiger partial charge in [-0.05, 0) is 68.9 Å². The zero-order valence-electron chi connectivity index (χ0n) is 19.7. The Hall–Kier alpha value is -2.63. The van der Waals surface area contributed by atoms with Crippen molar-refractivity contribution < 1.29 is 4.79 Å². The van der Waals surface area contributed by atoms with Crippen molar-refractivity contribution in [3.8, 4) is 0 Å². The lowest BCUT2D eigenvalue weighted by molar-refractivity contribution is -0.137. The lowest BCUT2D eigenvalue weighted by Crippen LogP contribution is -2.46. The summed E-state index contributed by atoms with van der Waals surface area (Å²) in [6, 6.07) is 12.8. The molecule has 6 heteroatoms. The molecule has 0 atom stereocenters. The second kappa shape index (κ2) is 10.5. The number of hydrogen-bond donors (Lipinski definition) is 0. The summed E-state index contributed by atoms with van der Waals surface area (Å²) in [5.74, 6) is 3.09. The van der Waals surface area contributed by atoms with Gasteiger partial charge in [-0.1, -0.05) is 30.3 Å². The normalized spacial score (nSPS) is 20.8. The summed E-state index contributed by atoms with van der Waals surface area (Å²) in [5.41, 5.74) is 1.42. The molecule has 3 fully saturated rings. The first kappa shape index (κ1) is 22.2. The lowest BCUT2D eigenvalue weighted by Gasteiger charge is -2.37. The van der Waals surface area contributed by atoms with Crippen LogP contribution in [-0.2, 0) is 11.2 Å². The molecule has 0 spiro atoms. The van der Waals surface area contributed by atoms with E-state index in [0.717, 1.165) is 83.1 Å². The van der Waals surface area contributed by atoms with E-state index >= 15 is 0 Å². The first-order valence-corrected chi connectivity index (χ1v) is 12.9. The summed E-state index contributed by atoms with van der Waals surface area (Å²) in [4.78, 5) is 29.4. The van der Waals surface area contributed by atoms with Gasteiger partial charge >= 0.3 is 0 Å². The Kier molecular flexibility index (Phi) is 7.08. The number of nitrogens with zero attached hydrogens (tertiary/aromatic N) is 5. The highest BCUT2D eigenvalue weighted by Crippen LogP contribution is 2.27. The third kappa shape index (κ3) is 5.48. The first-order valence-electron chi connectivity index (χ1n) is 12.9. The number of amides is 1. The van der Waals surface area contributed by atoms with Gasteiger partial charge in [-0.15, -0.1) is 0 Å². The van der Waals surface area contributed by atoms with Crippen molar-refractivity contribution in [1.29, 1.82) is 0 Å². The fourth-order valence-corrected chi connectivity index (χ4v) is 5.68. The molecule has 2 aromatic rings. The van der Waals surface area contributed by atoms with Crippen LogP contribution in [0.15, 0.2) is 42.6 Å². The molecule has 4 heterocycles. The Morgan fingerprint density at radius 2 is 1.55 bits per heavy atom. The highest BCUT2D eigenvalue weighted by molar-refractivity contribution is 5.79. The number of hydrogen-bond acceptors (Lipinski definition) is 5. The number of likely N-dealkylation sites (tertiary alicyclic amines) is 1. The molecule has 3 aliphatic rings. The highest BCUT2D eigenvalue weighted by atomic mass is 16.2. The molecular weight excluding hydrogens is 410 g/mol. The topological polar surface area (TPSA) is 52.6 Å². The summed E-state index contributed by atoms with van der Waals surface area (Å²) in [5, 5.41) is 0. The molecule has 0 radical (unpaired) electrons. The van der Waals surface area contributed by atoms with Crippen molar-refractivity contribution >= 4 is 17.7 Å². The van der Waals surface area contributed by atoms with Gasteiger partial charge in [0.1, 0.15) is 5.82 Å². The summed E-state index contributed by atoms with van der Waals surface area (Å²) < 4.78 is 0. The Labute approximate surface area is 198 Å². The predicted molar refractivity (Wildman–Crippen MR) is 132 cm³/mol. The summed E-state index contributed by atoms with van der Waals surface area (Å²) >= 11 is 0. The third-order valence-corrected chi connectivity index (χ3v) is 7.73. The number of benzene rings is 1. The number of anilines is 2. The Morgan fingerprint density at radius 3 is 2.27 bits per heavy atom. The standard InChI is InChI=1S/C27H37N5O/c33-26(31-17-10-23(11-18-31)21-22-7-3-1-4-8-22)24-12-19-32(20-13-24)27-28-14-9-25(29-27)30-15-5-2-6-16-30/h1,3-4,7-9,14,23-24H,2,5-6,10-13,15-21H2. The smallest absolute Gasteiger partial charge is 0.227 e. The maximum absolute atomic E-state index is 13.2. The maximum atomic E-state index is 13.2. The van der Waals surface area contributed by atoms with Gasteiger partial charge in [0.05, 0.1) is 0 Å². The van der Waals surface area contributed by atoms with Gasteiger partial charge in [-0.2, -0.15) is 4.98 Å². The van der Waals surface area contributed by atoms with Crippen LogP contribution in [-0.4, -0.2) is 60.0 Å². The molecule has 176 valence electrons. The Balaban J connectivity index is 1.10. The minimum atomic E-state index is 0.150. The van der Waals surface area contributed by atoms with Crippen molar-refractivity contribution in [3.63, 3.8) is 0 Å². The molecule has 3 saturated heterocycles. The number of carbonyl (C=O) groups excluding carboxylic acids is 1. The van der Waals surface area contributed by atoms with Gasteiger partial charge in [-0.25, -0.2) is 4.98 Å². The summed E-state index contributed by atoms with van der Waals surface area (Å²) in [7, 11) is 0. The average molecular weight is 448 g/mol. The minimum absolute atomic E-state index is 0.150. The van der Waals surface area contributed by atoms with Gasteiger partial charge < -0.3 is 14.7 Å². The molecule has 0 unspecified atom stereocenters. The van der Waals surface area contributed by atoms with Gasteiger partial charge in [-0.3, -0.25) is 4.79 Å². The highest BCUT2D eigenvalue weighted by Gasteiger charge is 2.31. The second-order valence-corrected chi connectivity index (χ2v) is 9.98. The van der Waals surface area contributed by atoms with Gasteiger partial charge in [0.25, 0.3) is 0 Å². The van der Waals surface area contributed by atoms with Crippen molar-refractivity contribution in [3.05, 3.63) is 48.2 Å². The fourth-order valence-electron chi connectivity index (χ4n) is 5.68. The van der Waals surface area contributed by atoms with Gasteiger partial charge in [0.15, 0.2) is 0 Å². The van der Waals surface area contributed by atoms with Gasteiger partial charge in [0, 0.05) is 51.4 Å². The van der Waals surface area contributed by atoms with Crippen LogP contribution in [0.25, 0.3) is 0 Å². The van der Waals surface area contributed by atoms with E-state index in [-0.39, 0.29) is 5.92 Å². The van der Waals surface area contributed by atoms with Crippen LogP contribution < -0.4 is 9.80 Å². The van der Waals surface area contributed by atoms with E-state index in [2.05, 4.69) is 50.0 Å². The zero-order chi connectivity index (χ0) is 22.5. The molecule has 0 N–H and O–H groups in total. The molecule has 0 aliphatic carbocycles. The molecule has 33 heavy (non-hydrogen) atoms. The number of carbonyl (C=O) groups is 1. The molecule has 6 nitrogen and oxygen atoms in total. The molecule has 1 amide bonds. The predicted octanol–water partition coefficient (Wildman–Crippen LogP) is 4.16. The zero-order valence-corrected chi connectivity index (χ0v) is 19.7. The molecule has 1 aromatic carbocycles. The fraction of sp³-hybridized carbons (Fsp3) is 0.593. The first-order chi connectivity index (χ1) is 16.3. The van der Waals surface area contributed by atoms with E-state index in [1.165, 1.54) is 24.8 Å². The monoisotopic (exact) mass is 447 g/mol. The second-order valence-electron chi connectivity index (χ2n) is 9.98. The largest absolute Gasteiger partial charge is 0.356 e. The van der Waals surface area contributed by atoms with Crippen molar-refractivity contribution in [2.45, 2.75) is 51.4 Å². The van der Waals surface area contributed by atoms with E-state index < -0.39 is 0 Å². The van der Waals surface area contributed by atoms with Crippen LogP contribution in [0, 0.1) is 11.8 Å². The molecule has 0 saturated carbocycles. The van der Waals surface area contributed by atoms with Gasteiger partial charge in [0.2, 0.25) is 11.9 Å². The maximum Gasteiger partial charge on any atom is 0.227 e. The van der Waals surface area contributed by atoms with Crippen molar-refractivity contribution in [2.75, 3.05) is 49.1 Å². The van der Waals surface area contributed by atoms with Crippen LogP contribution in [0.3, 0.4) is 0 Å². The quantitative estimate of drug-likeness (QED) is 0.689. The molecular formula is C27H37N5O. The molecule has 0 bridgehead atoms. The van der Waals surface area contributed by atoms with E-state index in [9.17, 15) is 4.79 Å². The van der Waals surface area contributed by atoms with Crippen LogP contribution in [0.4, 0.5) is 11.8 Å². The van der Waals surface area contributed by atoms with Crippen LogP contribution in [0.1, 0.15) is 50.5 Å². The average Bonchev–Trinajstić information content (AvgIpc) is 2.90. The van der Waals surface area contributed by atoms with Crippen molar-refractivity contribution in [2.24, 2.45) is 11.8 Å². The summed E-state index contributed by atoms with van der Waals surface area (Å²) in [6.07, 6.45) is 10.9. The van der Waals surface area contributed by atoms with E-state index in [1.54, 1.807) is 0 Å². The van der Waals surface area contributed by atoms with Crippen LogP contribution in [0.2, 0.25) is 0 Å². The van der Waals surface area contributed by atoms with E-state index in [4.69, 9.17) is 4.98 Å².